The van der Waals surface area contributed by atoms with Crippen LogP contribution in [-0.2, 0) is 18.7 Å². The quantitative estimate of drug-likeness (QED) is 0.361. The third kappa shape index (κ3) is 5.35. The lowest BCUT2D eigenvalue weighted by Gasteiger charge is -2.45. The van der Waals surface area contributed by atoms with Crippen molar-refractivity contribution in [1.82, 2.24) is 0 Å². The van der Waals surface area contributed by atoms with Gasteiger partial charge in [-0.3, -0.25) is 4.79 Å². The summed E-state index contributed by atoms with van der Waals surface area (Å²) in [6.07, 6.45) is 4.91. The van der Waals surface area contributed by atoms with Crippen LogP contribution in [0, 0.1) is 0 Å². The summed E-state index contributed by atoms with van der Waals surface area (Å²) in [7, 11) is -2.61. The number of ether oxygens (including phenoxy) is 2. The summed E-state index contributed by atoms with van der Waals surface area (Å²) < 4.78 is 18.3. The molecule has 1 fully saturated rings. The van der Waals surface area contributed by atoms with Gasteiger partial charge in [0.1, 0.15) is 0 Å². The maximum atomic E-state index is 11.0. The highest BCUT2D eigenvalue weighted by molar-refractivity contribution is 6.99. The molecule has 1 saturated heterocycles. The maximum absolute atomic E-state index is 11.0. The number of hydrogen-bond acceptors (Lipinski definition) is 4. The van der Waals surface area contributed by atoms with Crippen LogP contribution >= 0.6 is 0 Å². The van der Waals surface area contributed by atoms with E-state index in [2.05, 4.69) is 88.4 Å². The van der Waals surface area contributed by atoms with Gasteiger partial charge in [-0.1, -0.05) is 81.4 Å². The highest BCUT2D eigenvalue weighted by Crippen LogP contribution is 2.39. The SMILES string of the molecule is CC(=O)O/C=C/[C@@H]1CC[C@H]([C@@H](C)O[Si](c2ccccc2)(c2ccccc2)C(C)(C)C)O1. The van der Waals surface area contributed by atoms with Crippen molar-refractivity contribution in [1.29, 1.82) is 0 Å². The first kappa shape index (κ1) is 23.5. The van der Waals surface area contributed by atoms with Gasteiger partial charge in [0, 0.05) is 6.92 Å². The van der Waals surface area contributed by atoms with Gasteiger partial charge in [0.15, 0.2) is 0 Å². The van der Waals surface area contributed by atoms with Gasteiger partial charge in [-0.2, -0.15) is 0 Å². The van der Waals surface area contributed by atoms with Crippen LogP contribution in [0.15, 0.2) is 73.0 Å². The first-order valence-corrected chi connectivity index (χ1v) is 12.9. The summed E-state index contributed by atoms with van der Waals surface area (Å²) in [5.74, 6) is -0.325. The van der Waals surface area contributed by atoms with Crippen molar-refractivity contribution >= 4 is 24.7 Å². The first-order valence-electron chi connectivity index (χ1n) is 11.0. The lowest BCUT2D eigenvalue weighted by Crippen LogP contribution is -2.68. The van der Waals surface area contributed by atoms with Gasteiger partial charge in [-0.15, -0.1) is 0 Å². The molecule has 4 nitrogen and oxygen atoms in total. The van der Waals surface area contributed by atoms with E-state index in [-0.39, 0.29) is 29.3 Å². The molecule has 0 N–H and O–H groups in total. The smallest absolute Gasteiger partial charge is 0.307 e. The molecule has 1 aliphatic rings. The van der Waals surface area contributed by atoms with Crippen LogP contribution in [-0.4, -0.2) is 32.6 Å². The Bertz CT molecular complexity index is 834. The predicted octanol–water partition coefficient (Wildman–Crippen LogP) is 4.58. The Balaban J connectivity index is 1.89. The second-order valence-corrected chi connectivity index (χ2v) is 13.5. The fourth-order valence-corrected chi connectivity index (χ4v) is 9.17. The fraction of sp³-hybridized carbons (Fsp3) is 0.423. The van der Waals surface area contributed by atoms with E-state index in [1.807, 2.05) is 6.08 Å². The normalized spacial score (nSPS) is 20.7. The molecule has 31 heavy (non-hydrogen) atoms. The van der Waals surface area contributed by atoms with Crippen LogP contribution in [0.4, 0.5) is 0 Å². The van der Waals surface area contributed by atoms with Gasteiger partial charge in [0.25, 0.3) is 8.32 Å². The zero-order valence-corrected chi connectivity index (χ0v) is 20.2. The average Bonchev–Trinajstić information content (AvgIpc) is 3.21. The van der Waals surface area contributed by atoms with Crippen molar-refractivity contribution in [2.24, 2.45) is 0 Å². The minimum atomic E-state index is -2.61. The first-order chi connectivity index (χ1) is 14.7. The molecule has 2 aromatic carbocycles. The molecule has 0 saturated carbocycles. The number of hydrogen-bond donors (Lipinski definition) is 0. The topological polar surface area (TPSA) is 44.8 Å². The molecule has 0 aliphatic carbocycles. The Morgan fingerprint density at radius 3 is 2.06 bits per heavy atom. The van der Waals surface area contributed by atoms with E-state index < -0.39 is 8.32 Å². The van der Waals surface area contributed by atoms with Gasteiger partial charge < -0.3 is 13.9 Å². The molecular weight excluding hydrogens is 404 g/mol. The molecule has 3 atom stereocenters. The van der Waals surface area contributed by atoms with Gasteiger partial charge >= 0.3 is 5.97 Å². The summed E-state index contributed by atoms with van der Waals surface area (Å²) in [6.45, 7) is 10.4. The summed E-state index contributed by atoms with van der Waals surface area (Å²) in [5, 5.41) is 2.46. The van der Waals surface area contributed by atoms with Crippen molar-refractivity contribution in [3.63, 3.8) is 0 Å². The van der Waals surface area contributed by atoms with Gasteiger partial charge in [-0.25, -0.2) is 0 Å². The van der Waals surface area contributed by atoms with E-state index in [1.165, 1.54) is 23.6 Å². The largest absolute Gasteiger partial charge is 0.435 e. The molecule has 5 heteroatoms. The second-order valence-electron chi connectivity index (χ2n) is 9.21. The number of carbonyl (C=O) groups excluding carboxylic acids is 1. The third-order valence-electron chi connectivity index (χ3n) is 5.92. The van der Waals surface area contributed by atoms with Crippen LogP contribution < -0.4 is 10.4 Å². The molecule has 2 aromatic rings. The fourth-order valence-electron chi connectivity index (χ4n) is 4.44. The van der Waals surface area contributed by atoms with Crippen molar-refractivity contribution in [2.75, 3.05) is 0 Å². The molecular formula is C26H34O4Si. The molecule has 0 aromatic heterocycles. The maximum Gasteiger partial charge on any atom is 0.307 e. The van der Waals surface area contributed by atoms with Gasteiger partial charge in [0.2, 0.25) is 0 Å². The second kappa shape index (κ2) is 9.94. The number of carbonyl (C=O) groups is 1. The average molecular weight is 439 g/mol. The molecule has 1 aliphatic heterocycles. The van der Waals surface area contributed by atoms with Crippen molar-refractivity contribution in [3.05, 3.63) is 73.0 Å². The van der Waals surface area contributed by atoms with E-state index in [1.54, 1.807) is 0 Å². The predicted molar refractivity (Wildman–Crippen MR) is 127 cm³/mol. The molecule has 0 radical (unpaired) electrons. The van der Waals surface area contributed by atoms with Crippen LogP contribution in [0.2, 0.25) is 5.04 Å². The Hall–Kier alpha value is -2.21. The molecule has 0 bridgehead atoms. The van der Waals surface area contributed by atoms with Gasteiger partial charge in [-0.05, 0) is 41.3 Å². The molecule has 0 amide bonds. The van der Waals surface area contributed by atoms with Crippen LogP contribution in [0.3, 0.4) is 0 Å². The zero-order valence-electron chi connectivity index (χ0n) is 19.2. The lowest BCUT2D eigenvalue weighted by molar-refractivity contribution is -0.135. The number of rotatable bonds is 7. The van der Waals surface area contributed by atoms with Crippen molar-refractivity contribution in [3.8, 4) is 0 Å². The molecule has 3 rings (SSSR count). The lowest BCUT2D eigenvalue weighted by atomic mass is 10.1. The van der Waals surface area contributed by atoms with Crippen molar-refractivity contribution in [2.45, 2.75) is 70.8 Å². The van der Waals surface area contributed by atoms with E-state index >= 15 is 0 Å². The Labute approximate surface area is 187 Å². The van der Waals surface area contributed by atoms with Gasteiger partial charge in [0.05, 0.1) is 24.6 Å². The summed E-state index contributed by atoms with van der Waals surface area (Å²) in [4.78, 5) is 11.0. The van der Waals surface area contributed by atoms with Crippen LogP contribution in [0.1, 0.15) is 47.5 Å². The number of esters is 1. The third-order valence-corrected chi connectivity index (χ3v) is 11.0. The summed E-state index contributed by atoms with van der Waals surface area (Å²) in [5.41, 5.74) is 0. The minimum absolute atomic E-state index is 0.00590. The highest BCUT2D eigenvalue weighted by atomic mass is 28.4. The Morgan fingerprint density at radius 2 is 1.58 bits per heavy atom. The minimum Gasteiger partial charge on any atom is -0.435 e. The van der Waals surface area contributed by atoms with E-state index in [0.717, 1.165) is 12.8 Å². The van der Waals surface area contributed by atoms with Crippen LogP contribution in [0.25, 0.3) is 0 Å². The monoisotopic (exact) mass is 438 g/mol. The summed E-state index contributed by atoms with van der Waals surface area (Å²) in [6, 6.07) is 21.3. The Kier molecular flexibility index (Phi) is 7.52. The highest BCUT2D eigenvalue weighted by Gasteiger charge is 2.52. The molecule has 0 spiro atoms. The summed E-state index contributed by atoms with van der Waals surface area (Å²) >= 11 is 0. The van der Waals surface area contributed by atoms with E-state index in [4.69, 9.17) is 13.9 Å². The van der Waals surface area contributed by atoms with Crippen molar-refractivity contribution < 1.29 is 18.7 Å². The zero-order chi connectivity index (χ0) is 22.5. The molecule has 166 valence electrons. The van der Waals surface area contributed by atoms with E-state index in [0.29, 0.717) is 0 Å². The molecule has 0 unspecified atom stereocenters. The molecule has 1 heterocycles. The standard InChI is InChI=1S/C26H34O4Si/c1-20(25-17-16-22(29-25)18-19-28-21(2)27)30-31(26(3,4)5,23-12-8-6-9-13-23)24-14-10-7-11-15-24/h6-15,18-20,22,25H,16-17H2,1-5H3/b19-18+/t20-,22+,25-/m1/s1. The van der Waals surface area contributed by atoms with E-state index in [9.17, 15) is 4.79 Å². The Morgan fingerprint density at radius 1 is 1.03 bits per heavy atom. The van der Waals surface area contributed by atoms with Crippen LogP contribution in [0.5, 0.6) is 0 Å². The number of benzene rings is 2.